The summed E-state index contributed by atoms with van der Waals surface area (Å²) in [4.78, 5) is 33.5. The number of benzene rings is 1. The number of carbonyl (C=O) groups is 2. The first kappa shape index (κ1) is 22.6. The van der Waals surface area contributed by atoms with Gasteiger partial charge in [0.25, 0.3) is 0 Å². The summed E-state index contributed by atoms with van der Waals surface area (Å²) >= 11 is 1.38. The Hall–Kier alpha value is -3.20. The minimum Gasteiger partial charge on any atom is -0.339 e. The molecule has 1 saturated carbocycles. The van der Waals surface area contributed by atoms with Gasteiger partial charge in [0.1, 0.15) is 5.69 Å². The number of amides is 2. The van der Waals surface area contributed by atoms with E-state index >= 15 is 0 Å². The van der Waals surface area contributed by atoms with Gasteiger partial charge in [0.05, 0.1) is 11.4 Å². The number of thioether (sulfide) groups is 1. The second-order valence-corrected chi connectivity index (χ2v) is 9.86. The fraction of sp³-hybridized carbons (Fsp3) is 0.400. The predicted molar refractivity (Wildman–Crippen MR) is 131 cm³/mol. The summed E-state index contributed by atoms with van der Waals surface area (Å²) in [6.07, 6.45) is 3.76. The van der Waals surface area contributed by atoms with Crippen LogP contribution in [0.4, 0.5) is 0 Å². The van der Waals surface area contributed by atoms with Gasteiger partial charge in [0.2, 0.25) is 11.8 Å². The summed E-state index contributed by atoms with van der Waals surface area (Å²) in [6, 6.07) is 11.9. The monoisotopic (exact) mass is 476 g/mol. The standard InChI is InChI=1S/C25H28N6O2S/c1-17-6-9-21(18(2)15-17)31-23(20-5-3-4-10-26-20)27-28-25(31)34-16-22(32)29-11-13-30(14-12-29)24(33)19-7-8-19/h3-6,9-10,15,19H,7-8,11-14,16H2,1-2H3. The van der Waals surface area contributed by atoms with Gasteiger partial charge in [-0.25, -0.2) is 0 Å². The second-order valence-electron chi connectivity index (χ2n) is 8.92. The van der Waals surface area contributed by atoms with Gasteiger partial charge in [-0.15, -0.1) is 10.2 Å². The maximum atomic E-state index is 13.0. The van der Waals surface area contributed by atoms with Gasteiger partial charge in [-0.1, -0.05) is 35.5 Å². The summed E-state index contributed by atoms with van der Waals surface area (Å²) in [5.74, 6) is 1.45. The molecule has 0 unspecified atom stereocenters. The number of hydrogen-bond donors (Lipinski definition) is 0. The molecule has 2 amide bonds. The Kier molecular flexibility index (Phi) is 6.36. The molecule has 2 aliphatic rings. The molecule has 1 aliphatic carbocycles. The fourth-order valence-corrected chi connectivity index (χ4v) is 5.13. The molecular formula is C25H28N6O2S. The van der Waals surface area contributed by atoms with Crippen molar-refractivity contribution >= 4 is 23.6 Å². The second kappa shape index (κ2) is 9.58. The van der Waals surface area contributed by atoms with Crippen molar-refractivity contribution in [3.63, 3.8) is 0 Å². The van der Waals surface area contributed by atoms with Crippen LogP contribution in [-0.4, -0.2) is 73.3 Å². The van der Waals surface area contributed by atoms with E-state index in [0.717, 1.165) is 29.8 Å². The molecule has 0 N–H and O–H groups in total. The van der Waals surface area contributed by atoms with Crippen molar-refractivity contribution in [1.29, 1.82) is 0 Å². The van der Waals surface area contributed by atoms with Gasteiger partial charge in [0.15, 0.2) is 11.0 Å². The number of aromatic nitrogens is 4. The third kappa shape index (κ3) is 4.70. The summed E-state index contributed by atoms with van der Waals surface area (Å²) in [5, 5.41) is 9.51. The molecule has 0 spiro atoms. The zero-order chi connectivity index (χ0) is 23.7. The molecule has 3 heterocycles. The summed E-state index contributed by atoms with van der Waals surface area (Å²) in [5.41, 5.74) is 3.97. The number of piperazine rings is 1. The zero-order valence-corrected chi connectivity index (χ0v) is 20.3. The van der Waals surface area contributed by atoms with Crippen molar-refractivity contribution in [2.75, 3.05) is 31.9 Å². The Morgan fingerprint density at radius 3 is 2.44 bits per heavy atom. The van der Waals surface area contributed by atoms with Crippen LogP contribution < -0.4 is 0 Å². The first-order valence-corrected chi connectivity index (χ1v) is 12.6. The van der Waals surface area contributed by atoms with Crippen LogP contribution in [-0.2, 0) is 9.59 Å². The Labute approximate surface area is 203 Å². The molecular weight excluding hydrogens is 448 g/mol. The van der Waals surface area contributed by atoms with Gasteiger partial charge in [-0.05, 0) is 50.5 Å². The minimum absolute atomic E-state index is 0.0538. The highest BCUT2D eigenvalue weighted by atomic mass is 32.2. The van der Waals surface area contributed by atoms with Gasteiger partial charge in [-0.2, -0.15) is 0 Å². The third-order valence-electron chi connectivity index (χ3n) is 6.32. The number of rotatable bonds is 6. The Morgan fingerprint density at radius 2 is 1.76 bits per heavy atom. The average Bonchev–Trinajstić information content (AvgIpc) is 3.63. The number of pyridine rings is 1. The van der Waals surface area contributed by atoms with E-state index in [-0.39, 0.29) is 23.5 Å². The first-order chi connectivity index (χ1) is 16.5. The fourth-order valence-electron chi connectivity index (χ4n) is 4.28. The van der Waals surface area contributed by atoms with Crippen molar-refractivity contribution in [2.24, 2.45) is 5.92 Å². The van der Waals surface area contributed by atoms with Crippen LogP contribution in [0.1, 0.15) is 24.0 Å². The number of nitrogens with zero attached hydrogens (tertiary/aromatic N) is 6. The van der Waals surface area contributed by atoms with E-state index in [2.05, 4.69) is 47.2 Å². The largest absolute Gasteiger partial charge is 0.339 e. The molecule has 0 radical (unpaired) electrons. The van der Waals surface area contributed by atoms with E-state index < -0.39 is 0 Å². The third-order valence-corrected chi connectivity index (χ3v) is 7.23. The summed E-state index contributed by atoms with van der Waals surface area (Å²) in [7, 11) is 0. The highest BCUT2D eigenvalue weighted by Gasteiger charge is 2.35. The van der Waals surface area contributed by atoms with E-state index in [1.54, 1.807) is 6.20 Å². The number of hydrogen-bond acceptors (Lipinski definition) is 6. The van der Waals surface area contributed by atoms with Crippen LogP contribution in [0.5, 0.6) is 0 Å². The van der Waals surface area contributed by atoms with Gasteiger partial charge < -0.3 is 9.80 Å². The Morgan fingerprint density at radius 1 is 1.00 bits per heavy atom. The quantitative estimate of drug-likeness (QED) is 0.509. The molecule has 1 saturated heterocycles. The van der Waals surface area contributed by atoms with E-state index in [4.69, 9.17) is 0 Å². The van der Waals surface area contributed by atoms with Gasteiger partial charge >= 0.3 is 0 Å². The van der Waals surface area contributed by atoms with Gasteiger partial charge in [0, 0.05) is 38.3 Å². The van der Waals surface area contributed by atoms with Crippen molar-refractivity contribution in [2.45, 2.75) is 31.8 Å². The molecule has 5 rings (SSSR count). The average molecular weight is 477 g/mol. The van der Waals surface area contributed by atoms with Crippen molar-refractivity contribution < 1.29 is 9.59 Å². The molecule has 8 nitrogen and oxygen atoms in total. The smallest absolute Gasteiger partial charge is 0.233 e. The molecule has 0 atom stereocenters. The lowest BCUT2D eigenvalue weighted by atomic mass is 10.1. The molecule has 34 heavy (non-hydrogen) atoms. The lowest BCUT2D eigenvalue weighted by Gasteiger charge is -2.34. The lowest BCUT2D eigenvalue weighted by Crippen LogP contribution is -2.51. The maximum Gasteiger partial charge on any atom is 0.233 e. The predicted octanol–water partition coefficient (Wildman–Crippen LogP) is 3.12. The highest BCUT2D eigenvalue weighted by molar-refractivity contribution is 7.99. The van der Waals surface area contributed by atoms with E-state index in [1.807, 2.05) is 32.6 Å². The zero-order valence-electron chi connectivity index (χ0n) is 19.5. The summed E-state index contributed by atoms with van der Waals surface area (Å²) in [6.45, 7) is 6.53. The molecule has 1 aliphatic heterocycles. The van der Waals surface area contributed by atoms with Crippen molar-refractivity contribution in [3.05, 3.63) is 53.7 Å². The van der Waals surface area contributed by atoms with Crippen LogP contribution in [0.25, 0.3) is 17.2 Å². The number of aryl methyl sites for hydroxylation is 2. The molecule has 1 aromatic carbocycles. The van der Waals surface area contributed by atoms with Crippen LogP contribution in [0.15, 0.2) is 47.8 Å². The van der Waals surface area contributed by atoms with Gasteiger partial charge in [-0.3, -0.25) is 19.1 Å². The van der Waals surface area contributed by atoms with Crippen LogP contribution in [0.2, 0.25) is 0 Å². The van der Waals surface area contributed by atoms with Crippen molar-refractivity contribution in [3.8, 4) is 17.2 Å². The number of carbonyl (C=O) groups excluding carboxylic acids is 2. The van der Waals surface area contributed by atoms with Crippen LogP contribution in [0, 0.1) is 19.8 Å². The first-order valence-electron chi connectivity index (χ1n) is 11.6. The minimum atomic E-state index is 0.0538. The molecule has 3 aromatic rings. The van der Waals surface area contributed by atoms with E-state index in [0.29, 0.717) is 37.2 Å². The Balaban J connectivity index is 1.32. The molecule has 9 heteroatoms. The Bertz CT molecular complexity index is 1200. The molecule has 2 aromatic heterocycles. The van der Waals surface area contributed by atoms with E-state index in [9.17, 15) is 9.59 Å². The topological polar surface area (TPSA) is 84.2 Å². The van der Waals surface area contributed by atoms with Crippen LogP contribution >= 0.6 is 11.8 Å². The lowest BCUT2D eigenvalue weighted by molar-refractivity contribution is -0.139. The highest BCUT2D eigenvalue weighted by Crippen LogP contribution is 2.32. The summed E-state index contributed by atoms with van der Waals surface area (Å²) < 4.78 is 1.99. The molecule has 176 valence electrons. The maximum absolute atomic E-state index is 13.0. The normalized spacial score (nSPS) is 16.1. The molecule has 0 bridgehead atoms. The molecule has 2 fully saturated rings. The van der Waals surface area contributed by atoms with E-state index in [1.165, 1.54) is 17.3 Å². The SMILES string of the molecule is Cc1ccc(-n2c(SCC(=O)N3CCN(C(=O)C4CC4)CC3)nnc2-c2ccccn2)c(C)c1. The van der Waals surface area contributed by atoms with Crippen molar-refractivity contribution in [1.82, 2.24) is 29.5 Å². The van der Waals surface area contributed by atoms with Crippen LogP contribution in [0.3, 0.4) is 0 Å².